The monoisotopic (exact) mass is 395 g/mol. The zero-order valence-electron chi connectivity index (χ0n) is 13.0. The number of carbonyl (C=O) groups excluding carboxylic acids is 1. The van der Waals surface area contributed by atoms with Crippen LogP contribution < -0.4 is 11.4 Å². The first-order valence-electron chi connectivity index (χ1n) is 7.06. The summed E-state index contributed by atoms with van der Waals surface area (Å²) in [7, 11) is 0. The molecule has 0 spiro atoms. The molecule has 3 N–H and O–H groups in total. The van der Waals surface area contributed by atoms with Gasteiger partial charge in [0, 0.05) is 22.8 Å². The van der Waals surface area contributed by atoms with E-state index in [-0.39, 0.29) is 11.5 Å². The third kappa shape index (κ3) is 4.14. The van der Waals surface area contributed by atoms with Crippen molar-refractivity contribution in [1.29, 1.82) is 0 Å². The number of primary amides is 1. The summed E-state index contributed by atoms with van der Waals surface area (Å²) in [5.41, 5.74) is 6.35. The van der Waals surface area contributed by atoms with E-state index in [1.807, 2.05) is 0 Å². The number of phenolic OH excluding ortho intramolecular Hbond substituents is 1. The first kappa shape index (κ1) is 17.8. The van der Waals surface area contributed by atoms with Gasteiger partial charge in [0.1, 0.15) is 11.3 Å². The minimum atomic E-state index is -0.466. The first-order chi connectivity index (χ1) is 11.9. The Morgan fingerprint density at radius 2 is 2.04 bits per heavy atom. The molecule has 25 heavy (non-hydrogen) atoms. The quantitative estimate of drug-likeness (QED) is 0.483. The van der Waals surface area contributed by atoms with Gasteiger partial charge < -0.3 is 15.3 Å². The molecule has 0 saturated heterocycles. The van der Waals surface area contributed by atoms with Gasteiger partial charge in [0.05, 0.1) is 5.75 Å². The number of rotatable bonds is 6. The van der Waals surface area contributed by atoms with Gasteiger partial charge in [-0.25, -0.2) is 4.79 Å². The molecule has 2 aromatic heterocycles. The summed E-state index contributed by atoms with van der Waals surface area (Å²) in [5, 5.41) is 18.6. The maximum atomic E-state index is 11.8. The van der Waals surface area contributed by atoms with Crippen LogP contribution in [0.1, 0.15) is 11.1 Å². The largest absolute Gasteiger partial charge is 0.508 e. The number of nitrogens with zero attached hydrogens (tertiary/aromatic N) is 2. The number of aromatic hydroxyl groups is 1. The molecule has 0 aliphatic heterocycles. The molecular formula is C15H13N3O4S3. The number of benzene rings is 1. The molecule has 0 atom stereocenters. The molecule has 0 saturated carbocycles. The Balaban J connectivity index is 1.81. The number of hydrogen-bond acceptors (Lipinski definition) is 9. The van der Waals surface area contributed by atoms with Gasteiger partial charge in [-0.15, -0.1) is 10.2 Å². The van der Waals surface area contributed by atoms with Crippen molar-refractivity contribution in [1.82, 2.24) is 10.2 Å². The van der Waals surface area contributed by atoms with Crippen LogP contribution in [0.5, 0.6) is 5.75 Å². The van der Waals surface area contributed by atoms with Crippen LogP contribution in [0.3, 0.4) is 0 Å². The molecule has 0 aliphatic rings. The fraction of sp³-hybridized carbons (Fsp3) is 0.200. The van der Waals surface area contributed by atoms with Crippen molar-refractivity contribution in [3.63, 3.8) is 0 Å². The highest BCUT2D eigenvalue weighted by Crippen LogP contribution is 2.33. The van der Waals surface area contributed by atoms with Crippen LogP contribution in [0.25, 0.3) is 11.0 Å². The van der Waals surface area contributed by atoms with Crippen LogP contribution in [0.4, 0.5) is 0 Å². The highest BCUT2D eigenvalue weighted by molar-refractivity contribution is 8.03. The van der Waals surface area contributed by atoms with E-state index in [0.29, 0.717) is 21.2 Å². The summed E-state index contributed by atoms with van der Waals surface area (Å²) in [5.74, 6) is 0.338. The van der Waals surface area contributed by atoms with E-state index < -0.39 is 11.5 Å². The number of phenols is 1. The van der Waals surface area contributed by atoms with E-state index in [4.69, 9.17) is 10.2 Å². The fourth-order valence-electron chi connectivity index (χ4n) is 2.12. The lowest BCUT2D eigenvalue weighted by atomic mass is 10.1. The number of fused-ring (bicyclic) bond motifs is 1. The third-order valence-corrected chi connectivity index (χ3v) is 6.56. The van der Waals surface area contributed by atoms with Gasteiger partial charge in [-0.1, -0.05) is 34.9 Å². The fourth-order valence-corrected chi connectivity index (χ4v) is 4.87. The smallest absolute Gasteiger partial charge is 0.336 e. The molecular weight excluding hydrogens is 382 g/mol. The molecule has 130 valence electrons. The van der Waals surface area contributed by atoms with E-state index >= 15 is 0 Å². The minimum absolute atomic E-state index is 0.0840. The minimum Gasteiger partial charge on any atom is -0.508 e. The maximum Gasteiger partial charge on any atom is 0.336 e. The number of carbonyl (C=O) groups is 1. The van der Waals surface area contributed by atoms with Gasteiger partial charge in [0.25, 0.3) is 0 Å². The zero-order valence-corrected chi connectivity index (χ0v) is 15.5. The van der Waals surface area contributed by atoms with Crippen molar-refractivity contribution in [2.75, 3.05) is 5.75 Å². The van der Waals surface area contributed by atoms with Gasteiger partial charge in [-0.2, -0.15) is 0 Å². The third-order valence-electron chi connectivity index (χ3n) is 3.29. The molecule has 0 unspecified atom stereocenters. The Kier molecular flexibility index (Phi) is 5.30. The summed E-state index contributed by atoms with van der Waals surface area (Å²) in [6.07, 6.45) is 0. The second-order valence-electron chi connectivity index (χ2n) is 5.05. The van der Waals surface area contributed by atoms with Crippen molar-refractivity contribution in [2.24, 2.45) is 5.73 Å². The lowest BCUT2D eigenvalue weighted by Gasteiger charge is -2.07. The number of hydrogen-bond donors (Lipinski definition) is 2. The van der Waals surface area contributed by atoms with Crippen LogP contribution in [0, 0.1) is 6.92 Å². The number of amides is 1. The van der Waals surface area contributed by atoms with Crippen molar-refractivity contribution in [3.8, 4) is 5.75 Å². The topological polar surface area (TPSA) is 119 Å². The van der Waals surface area contributed by atoms with Crippen molar-refractivity contribution in [2.45, 2.75) is 21.4 Å². The number of thioether (sulfide) groups is 2. The van der Waals surface area contributed by atoms with Gasteiger partial charge in [-0.05, 0) is 24.6 Å². The van der Waals surface area contributed by atoms with Gasteiger partial charge in [0.2, 0.25) is 5.91 Å². The lowest BCUT2D eigenvalue weighted by molar-refractivity contribution is -0.115. The number of aryl methyl sites for hydroxylation is 1. The molecule has 0 aliphatic carbocycles. The normalized spacial score (nSPS) is 11.1. The molecule has 0 radical (unpaired) electrons. The maximum absolute atomic E-state index is 11.8. The first-order valence-corrected chi connectivity index (χ1v) is 9.85. The molecule has 3 rings (SSSR count). The summed E-state index contributed by atoms with van der Waals surface area (Å²) in [4.78, 5) is 22.6. The predicted octanol–water partition coefficient (Wildman–Crippen LogP) is 2.53. The standard InChI is InChI=1S/C15H13N3O4S3/c1-7-10(19)3-2-9-8(4-12(21)22-13(7)9)5-23-14-17-18-15(25-14)24-6-11(16)20/h2-4,19H,5-6H2,1H3,(H2,16,20). The SMILES string of the molecule is Cc1c(O)ccc2c(CSc3nnc(SCC(N)=O)s3)cc(=O)oc12. The second kappa shape index (κ2) is 7.46. The number of nitrogens with two attached hydrogens (primary N) is 1. The molecule has 0 fully saturated rings. The molecule has 10 heteroatoms. The Hall–Kier alpha value is -2.04. The van der Waals surface area contributed by atoms with Crippen molar-refractivity contribution >= 4 is 51.7 Å². The van der Waals surface area contributed by atoms with E-state index in [1.165, 1.54) is 40.9 Å². The predicted molar refractivity (Wildman–Crippen MR) is 98.3 cm³/mol. The Bertz CT molecular complexity index is 999. The van der Waals surface area contributed by atoms with Gasteiger partial charge in [-0.3, -0.25) is 4.79 Å². The highest BCUT2D eigenvalue weighted by Gasteiger charge is 2.13. The molecule has 1 aromatic carbocycles. The average molecular weight is 395 g/mol. The van der Waals surface area contributed by atoms with Crippen LogP contribution in [-0.2, 0) is 10.5 Å². The Morgan fingerprint density at radius 1 is 1.32 bits per heavy atom. The molecule has 3 aromatic rings. The van der Waals surface area contributed by atoms with E-state index in [2.05, 4.69) is 10.2 Å². The average Bonchev–Trinajstić information content (AvgIpc) is 3.02. The molecule has 1 amide bonds. The molecule has 2 heterocycles. The van der Waals surface area contributed by atoms with E-state index in [0.717, 1.165) is 15.3 Å². The van der Waals surface area contributed by atoms with E-state index in [1.54, 1.807) is 19.1 Å². The Labute approximate surface area is 154 Å². The summed E-state index contributed by atoms with van der Waals surface area (Å²) in [6.45, 7) is 1.70. The number of aromatic nitrogens is 2. The van der Waals surface area contributed by atoms with Crippen LogP contribution in [0.15, 0.2) is 36.1 Å². The van der Waals surface area contributed by atoms with Crippen LogP contribution in [0.2, 0.25) is 0 Å². The van der Waals surface area contributed by atoms with E-state index in [9.17, 15) is 14.7 Å². The second-order valence-corrected chi connectivity index (χ2v) is 8.48. The van der Waals surface area contributed by atoms with Crippen LogP contribution >= 0.6 is 34.9 Å². The Morgan fingerprint density at radius 3 is 2.76 bits per heavy atom. The molecule has 0 bridgehead atoms. The summed E-state index contributed by atoms with van der Waals surface area (Å²) in [6, 6.07) is 4.75. The van der Waals surface area contributed by atoms with Crippen molar-refractivity contribution < 1.29 is 14.3 Å². The highest BCUT2D eigenvalue weighted by atomic mass is 32.2. The van der Waals surface area contributed by atoms with Gasteiger partial charge in [0.15, 0.2) is 8.68 Å². The zero-order chi connectivity index (χ0) is 18.0. The van der Waals surface area contributed by atoms with Crippen LogP contribution in [-0.4, -0.2) is 27.0 Å². The summed E-state index contributed by atoms with van der Waals surface area (Å²) >= 11 is 4.04. The van der Waals surface area contributed by atoms with Crippen molar-refractivity contribution in [3.05, 3.63) is 39.7 Å². The van der Waals surface area contributed by atoms with Gasteiger partial charge >= 0.3 is 5.63 Å². The summed E-state index contributed by atoms with van der Waals surface area (Å²) < 4.78 is 6.62. The lowest BCUT2D eigenvalue weighted by Crippen LogP contribution is -2.12. The molecule has 7 nitrogen and oxygen atoms in total.